The lowest BCUT2D eigenvalue weighted by Gasteiger charge is -2.34. The number of nitro benzene ring substituents is 1. The summed E-state index contributed by atoms with van der Waals surface area (Å²) in [6.07, 6.45) is 3.19. The van der Waals surface area contributed by atoms with Crippen LogP contribution in [0.3, 0.4) is 0 Å². The molecular weight excluding hydrogens is 298 g/mol. The number of rotatable bonds is 4. The summed E-state index contributed by atoms with van der Waals surface area (Å²) >= 11 is 0. The number of nitrogens with zero attached hydrogens (tertiary/aromatic N) is 1. The number of amides is 2. The maximum atomic E-state index is 12.2. The number of benzene rings is 1. The molecule has 7 nitrogen and oxygen atoms in total. The van der Waals surface area contributed by atoms with Crippen LogP contribution in [0.25, 0.3) is 0 Å². The zero-order chi connectivity index (χ0) is 17.0. The highest BCUT2D eigenvalue weighted by molar-refractivity contribution is 5.92. The smallest absolute Gasteiger partial charge is 0.319 e. The van der Waals surface area contributed by atoms with E-state index in [2.05, 4.69) is 24.5 Å². The van der Waals surface area contributed by atoms with E-state index in [9.17, 15) is 14.9 Å². The van der Waals surface area contributed by atoms with Gasteiger partial charge in [0.05, 0.1) is 18.1 Å². The predicted octanol–water partition coefficient (Wildman–Crippen LogP) is 3.55. The van der Waals surface area contributed by atoms with E-state index in [0.717, 1.165) is 12.8 Å². The highest BCUT2D eigenvalue weighted by Gasteiger charge is 2.28. The van der Waals surface area contributed by atoms with Crippen molar-refractivity contribution in [3.63, 3.8) is 0 Å². The van der Waals surface area contributed by atoms with E-state index in [1.807, 2.05) is 0 Å². The second-order valence-corrected chi connectivity index (χ2v) is 6.11. The van der Waals surface area contributed by atoms with E-state index in [4.69, 9.17) is 4.74 Å². The topological polar surface area (TPSA) is 93.5 Å². The Morgan fingerprint density at radius 3 is 2.74 bits per heavy atom. The van der Waals surface area contributed by atoms with E-state index >= 15 is 0 Å². The molecule has 0 spiro atoms. The molecule has 0 aliphatic heterocycles. The van der Waals surface area contributed by atoms with Gasteiger partial charge in [0.1, 0.15) is 11.4 Å². The third kappa shape index (κ3) is 4.12. The number of ether oxygens (including phenoxy) is 1. The van der Waals surface area contributed by atoms with Gasteiger partial charge in [0.25, 0.3) is 5.69 Å². The minimum Gasteiger partial charge on any atom is -0.496 e. The Morgan fingerprint density at radius 1 is 1.35 bits per heavy atom. The molecule has 1 aromatic rings. The molecule has 1 saturated carbocycles. The van der Waals surface area contributed by atoms with Crippen LogP contribution in [0.2, 0.25) is 0 Å². The first-order valence-electron chi connectivity index (χ1n) is 7.82. The Balaban J connectivity index is 2.06. The van der Waals surface area contributed by atoms with Gasteiger partial charge in [-0.25, -0.2) is 4.79 Å². The van der Waals surface area contributed by atoms with Crippen molar-refractivity contribution in [1.29, 1.82) is 0 Å². The monoisotopic (exact) mass is 321 g/mol. The van der Waals surface area contributed by atoms with Crippen molar-refractivity contribution in [2.45, 2.75) is 39.2 Å². The molecule has 0 saturated heterocycles. The van der Waals surface area contributed by atoms with Crippen LogP contribution in [0, 0.1) is 22.0 Å². The van der Waals surface area contributed by atoms with Gasteiger partial charge >= 0.3 is 6.03 Å². The first-order valence-corrected chi connectivity index (χ1v) is 7.82. The number of carbonyl (C=O) groups excluding carboxylic acids is 1. The van der Waals surface area contributed by atoms with E-state index in [-0.39, 0.29) is 17.4 Å². The van der Waals surface area contributed by atoms with Gasteiger partial charge in [-0.3, -0.25) is 10.1 Å². The second kappa shape index (κ2) is 7.30. The van der Waals surface area contributed by atoms with Gasteiger partial charge in [0.15, 0.2) is 0 Å². The largest absolute Gasteiger partial charge is 0.496 e. The Bertz CT molecular complexity index is 591. The molecule has 2 N–H and O–H groups in total. The molecule has 0 unspecified atom stereocenters. The van der Waals surface area contributed by atoms with Gasteiger partial charge in [0, 0.05) is 6.04 Å². The zero-order valence-electron chi connectivity index (χ0n) is 13.7. The predicted molar refractivity (Wildman–Crippen MR) is 87.8 cm³/mol. The summed E-state index contributed by atoms with van der Waals surface area (Å²) in [5.41, 5.74) is -0.0330. The number of nitrogens with one attached hydrogen (secondary N) is 2. The first kappa shape index (κ1) is 17.1. The number of anilines is 1. The molecular formula is C16H23N3O4. The molecule has 1 aliphatic carbocycles. The summed E-state index contributed by atoms with van der Waals surface area (Å²) in [4.78, 5) is 22.8. The number of hydrogen-bond donors (Lipinski definition) is 2. The maximum absolute atomic E-state index is 12.2. The maximum Gasteiger partial charge on any atom is 0.319 e. The lowest BCUT2D eigenvalue weighted by Crippen LogP contribution is -2.45. The molecule has 0 radical (unpaired) electrons. The third-order valence-corrected chi connectivity index (χ3v) is 4.67. The van der Waals surface area contributed by atoms with Crippen LogP contribution < -0.4 is 15.4 Å². The number of nitro groups is 1. The van der Waals surface area contributed by atoms with Crippen LogP contribution in [0.5, 0.6) is 5.75 Å². The molecule has 3 atom stereocenters. The van der Waals surface area contributed by atoms with Crippen LogP contribution in [0.4, 0.5) is 16.2 Å². The molecule has 0 heterocycles. The first-order chi connectivity index (χ1) is 10.9. The summed E-state index contributed by atoms with van der Waals surface area (Å²) in [5.74, 6) is 1.32. The highest BCUT2D eigenvalue weighted by atomic mass is 16.6. The zero-order valence-corrected chi connectivity index (χ0v) is 13.7. The van der Waals surface area contributed by atoms with Gasteiger partial charge in [-0.05, 0) is 30.4 Å². The van der Waals surface area contributed by atoms with Gasteiger partial charge in [-0.2, -0.15) is 0 Å². The van der Waals surface area contributed by atoms with Crippen LogP contribution in [0.1, 0.15) is 33.1 Å². The minimum absolute atomic E-state index is 0.0936. The fraction of sp³-hybridized carbons (Fsp3) is 0.562. The van der Waals surface area contributed by atoms with E-state index in [1.165, 1.54) is 25.7 Å². The summed E-state index contributed by atoms with van der Waals surface area (Å²) < 4.78 is 4.98. The number of carbonyl (C=O) groups is 1. The number of methoxy groups -OCH3 is 1. The van der Waals surface area contributed by atoms with Crippen LogP contribution in [-0.2, 0) is 0 Å². The van der Waals surface area contributed by atoms with Crippen molar-refractivity contribution in [3.05, 3.63) is 28.3 Å². The molecule has 23 heavy (non-hydrogen) atoms. The fourth-order valence-corrected chi connectivity index (χ4v) is 3.01. The highest BCUT2D eigenvalue weighted by Crippen LogP contribution is 2.31. The van der Waals surface area contributed by atoms with Crippen molar-refractivity contribution in [3.8, 4) is 5.75 Å². The van der Waals surface area contributed by atoms with Crippen LogP contribution in [0.15, 0.2) is 18.2 Å². The standard InChI is InChI=1S/C16H23N3O4/c1-10-5-4-6-13(11(10)2)17-16(20)18-14-8-7-12(23-3)9-15(14)19(21)22/h7-11,13H,4-6H2,1-3H3,(H2,17,18,20)/t10-,11-,13-/m1/s1. The van der Waals surface area contributed by atoms with Gasteiger partial charge in [-0.1, -0.05) is 26.7 Å². The lowest BCUT2D eigenvalue weighted by atomic mass is 9.78. The molecule has 7 heteroatoms. The second-order valence-electron chi connectivity index (χ2n) is 6.11. The summed E-state index contributed by atoms with van der Waals surface area (Å²) in [6.45, 7) is 4.31. The SMILES string of the molecule is COc1ccc(NC(=O)N[C@@H]2CCC[C@@H](C)[C@H]2C)c([N+](=O)[O-])c1. The Morgan fingerprint density at radius 2 is 2.09 bits per heavy atom. The molecule has 126 valence electrons. The minimum atomic E-state index is -0.538. The molecule has 2 amide bonds. The average Bonchev–Trinajstić information content (AvgIpc) is 2.52. The van der Waals surface area contributed by atoms with Crippen LogP contribution >= 0.6 is 0 Å². The molecule has 0 bridgehead atoms. The molecule has 1 aromatic carbocycles. The van der Waals surface area contributed by atoms with Gasteiger partial charge < -0.3 is 15.4 Å². The Labute approximate surface area is 135 Å². The lowest BCUT2D eigenvalue weighted by molar-refractivity contribution is -0.384. The van der Waals surface area contributed by atoms with Gasteiger partial charge in [-0.15, -0.1) is 0 Å². The Hall–Kier alpha value is -2.31. The van der Waals surface area contributed by atoms with Gasteiger partial charge in [0.2, 0.25) is 0 Å². The van der Waals surface area contributed by atoms with Crippen molar-refractivity contribution in [2.24, 2.45) is 11.8 Å². The molecule has 1 fully saturated rings. The van der Waals surface area contributed by atoms with E-state index in [1.54, 1.807) is 6.07 Å². The molecule has 0 aromatic heterocycles. The quantitative estimate of drug-likeness (QED) is 0.655. The molecule has 2 rings (SSSR count). The third-order valence-electron chi connectivity index (χ3n) is 4.67. The fourth-order valence-electron chi connectivity index (χ4n) is 3.01. The summed E-state index contributed by atoms with van der Waals surface area (Å²) in [5, 5.41) is 16.7. The Kier molecular flexibility index (Phi) is 5.41. The van der Waals surface area contributed by atoms with Crippen molar-refractivity contribution < 1.29 is 14.5 Å². The summed E-state index contributed by atoms with van der Waals surface area (Å²) in [7, 11) is 1.44. The van der Waals surface area contributed by atoms with Crippen molar-refractivity contribution in [2.75, 3.05) is 12.4 Å². The number of urea groups is 1. The van der Waals surface area contributed by atoms with Crippen molar-refractivity contribution in [1.82, 2.24) is 5.32 Å². The molecule has 1 aliphatic rings. The van der Waals surface area contributed by atoms with Crippen molar-refractivity contribution >= 4 is 17.4 Å². The normalized spacial score (nSPS) is 23.9. The van der Waals surface area contributed by atoms with E-state index < -0.39 is 11.0 Å². The number of hydrogen-bond acceptors (Lipinski definition) is 4. The average molecular weight is 321 g/mol. The van der Waals surface area contributed by atoms with Crippen LogP contribution in [-0.4, -0.2) is 24.1 Å². The van der Waals surface area contributed by atoms with E-state index in [0.29, 0.717) is 17.6 Å². The summed E-state index contributed by atoms with van der Waals surface area (Å²) in [6, 6.07) is 4.03.